The lowest BCUT2D eigenvalue weighted by molar-refractivity contribution is 0.0959. The SMILES string of the molecule is Cc1nn(Cc2ccccc2)c(Cl)c1/C=N/NC(=O)c1cc2c(s1)CCCC2. The molecule has 0 radical (unpaired) electrons. The van der Waals surface area contributed by atoms with Crippen LogP contribution in [0.3, 0.4) is 0 Å². The molecule has 2 heterocycles. The van der Waals surface area contributed by atoms with Crippen LogP contribution in [0.4, 0.5) is 0 Å². The van der Waals surface area contributed by atoms with Crippen molar-refractivity contribution in [1.82, 2.24) is 15.2 Å². The number of rotatable bonds is 5. The van der Waals surface area contributed by atoms with Crippen LogP contribution in [0.1, 0.15) is 49.8 Å². The number of halogens is 1. The average Bonchev–Trinajstić information content (AvgIpc) is 3.25. The molecule has 0 saturated carbocycles. The molecule has 1 N–H and O–H groups in total. The van der Waals surface area contributed by atoms with Crippen LogP contribution in [0.2, 0.25) is 5.15 Å². The molecular weight excluding hydrogens is 392 g/mol. The summed E-state index contributed by atoms with van der Waals surface area (Å²) in [4.78, 5) is 14.4. The number of amides is 1. The first-order chi connectivity index (χ1) is 13.6. The highest BCUT2D eigenvalue weighted by atomic mass is 35.5. The van der Waals surface area contributed by atoms with E-state index in [1.54, 1.807) is 22.2 Å². The van der Waals surface area contributed by atoms with Gasteiger partial charge in [0.25, 0.3) is 5.91 Å². The van der Waals surface area contributed by atoms with Gasteiger partial charge in [0.05, 0.1) is 28.9 Å². The van der Waals surface area contributed by atoms with Crippen LogP contribution in [0, 0.1) is 6.92 Å². The van der Waals surface area contributed by atoms with Crippen LogP contribution < -0.4 is 5.43 Å². The van der Waals surface area contributed by atoms with Crippen molar-refractivity contribution in [3.63, 3.8) is 0 Å². The molecule has 4 rings (SSSR count). The van der Waals surface area contributed by atoms with Crippen LogP contribution in [0.5, 0.6) is 0 Å². The number of hydrogen-bond acceptors (Lipinski definition) is 4. The quantitative estimate of drug-likeness (QED) is 0.492. The summed E-state index contributed by atoms with van der Waals surface area (Å²) in [6.45, 7) is 2.46. The second kappa shape index (κ2) is 8.29. The van der Waals surface area contributed by atoms with Crippen LogP contribution in [0.15, 0.2) is 41.5 Å². The van der Waals surface area contributed by atoms with Crippen molar-refractivity contribution in [2.24, 2.45) is 5.10 Å². The lowest BCUT2D eigenvalue weighted by Gasteiger charge is -2.08. The van der Waals surface area contributed by atoms with E-state index >= 15 is 0 Å². The molecule has 144 valence electrons. The van der Waals surface area contributed by atoms with E-state index in [4.69, 9.17) is 11.6 Å². The Morgan fingerprint density at radius 2 is 2.11 bits per heavy atom. The van der Waals surface area contributed by atoms with Gasteiger partial charge in [-0.15, -0.1) is 11.3 Å². The molecule has 0 bridgehead atoms. The molecule has 0 atom stereocenters. The molecule has 5 nitrogen and oxygen atoms in total. The Bertz CT molecular complexity index is 999. The van der Waals surface area contributed by atoms with Gasteiger partial charge in [0.1, 0.15) is 5.15 Å². The summed E-state index contributed by atoms with van der Waals surface area (Å²) in [6.07, 6.45) is 6.12. The van der Waals surface area contributed by atoms with Crippen LogP contribution in [0.25, 0.3) is 0 Å². The molecule has 1 aromatic carbocycles. The van der Waals surface area contributed by atoms with Crippen molar-refractivity contribution in [2.45, 2.75) is 39.2 Å². The van der Waals surface area contributed by atoms with E-state index in [1.165, 1.54) is 23.3 Å². The highest BCUT2D eigenvalue weighted by Crippen LogP contribution is 2.29. The van der Waals surface area contributed by atoms with Crippen LogP contribution >= 0.6 is 22.9 Å². The summed E-state index contributed by atoms with van der Waals surface area (Å²) in [5, 5.41) is 9.10. The Labute approximate surface area is 173 Å². The number of aromatic nitrogens is 2. The van der Waals surface area contributed by atoms with Gasteiger partial charge in [-0.25, -0.2) is 10.1 Å². The molecule has 0 unspecified atom stereocenters. The zero-order valence-electron chi connectivity index (χ0n) is 15.6. The molecule has 1 aliphatic carbocycles. The van der Waals surface area contributed by atoms with E-state index < -0.39 is 0 Å². The normalized spacial score (nSPS) is 13.6. The number of nitrogens with zero attached hydrogens (tertiary/aromatic N) is 3. The molecule has 28 heavy (non-hydrogen) atoms. The van der Waals surface area contributed by atoms with Gasteiger partial charge in [-0.2, -0.15) is 10.2 Å². The van der Waals surface area contributed by atoms with Crippen molar-refractivity contribution >= 4 is 35.1 Å². The van der Waals surface area contributed by atoms with Gasteiger partial charge in [0.15, 0.2) is 0 Å². The second-order valence-corrected chi connectivity index (χ2v) is 8.39. The third-order valence-electron chi connectivity index (χ3n) is 4.86. The van der Waals surface area contributed by atoms with E-state index in [0.717, 1.165) is 24.1 Å². The number of aryl methyl sites for hydroxylation is 3. The molecule has 0 aliphatic heterocycles. The fourth-order valence-corrected chi connectivity index (χ4v) is 4.81. The van der Waals surface area contributed by atoms with Gasteiger partial charge in [-0.1, -0.05) is 41.9 Å². The highest BCUT2D eigenvalue weighted by Gasteiger charge is 2.17. The first kappa shape index (κ1) is 18.9. The van der Waals surface area contributed by atoms with E-state index in [2.05, 4.69) is 15.6 Å². The Hall–Kier alpha value is -2.44. The van der Waals surface area contributed by atoms with Gasteiger partial charge < -0.3 is 0 Å². The summed E-state index contributed by atoms with van der Waals surface area (Å²) >= 11 is 8.05. The minimum Gasteiger partial charge on any atom is -0.266 e. The van der Waals surface area contributed by atoms with E-state index in [1.807, 2.05) is 43.3 Å². The first-order valence-corrected chi connectivity index (χ1v) is 10.5. The third kappa shape index (κ3) is 4.03. The zero-order chi connectivity index (χ0) is 19.5. The number of carbonyl (C=O) groups excluding carboxylic acids is 1. The van der Waals surface area contributed by atoms with E-state index in [0.29, 0.717) is 22.1 Å². The maximum absolute atomic E-state index is 12.4. The van der Waals surface area contributed by atoms with Gasteiger partial charge in [0.2, 0.25) is 0 Å². The fraction of sp³-hybridized carbons (Fsp3) is 0.286. The minimum absolute atomic E-state index is 0.180. The van der Waals surface area contributed by atoms with Crippen LogP contribution in [-0.2, 0) is 19.4 Å². The number of nitrogens with one attached hydrogen (secondary N) is 1. The monoisotopic (exact) mass is 412 g/mol. The highest BCUT2D eigenvalue weighted by molar-refractivity contribution is 7.14. The Balaban J connectivity index is 1.44. The summed E-state index contributed by atoms with van der Waals surface area (Å²) in [5.74, 6) is -0.180. The van der Waals surface area contributed by atoms with Crippen molar-refractivity contribution in [2.75, 3.05) is 0 Å². The molecule has 2 aromatic heterocycles. The van der Waals surface area contributed by atoms with Crippen molar-refractivity contribution in [3.8, 4) is 0 Å². The van der Waals surface area contributed by atoms with Gasteiger partial charge in [0, 0.05) is 4.88 Å². The summed E-state index contributed by atoms with van der Waals surface area (Å²) in [7, 11) is 0. The van der Waals surface area contributed by atoms with Gasteiger partial charge in [-0.05, 0) is 49.8 Å². The fourth-order valence-electron chi connectivity index (χ4n) is 3.39. The van der Waals surface area contributed by atoms with Crippen molar-refractivity contribution < 1.29 is 4.79 Å². The number of benzene rings is 1. The molecule has 3 aromatic rings. The maximum atomic E-state index is 12.4. The molecule has 1 amide bonds. The molecular formula is C21H21ClN4OS. The summed E-state index contributed by atoms with van der Waals surface area (Å²) < 4.78 is 1.74. The third-order valence-corrected chi connectivity index (χ3v) is 6.50. The number of fused-ring (bicyclic) bond motifs is 1. The Morgan fingerprint density at radius 3 is 2.89 bits per heavy atom. The van der Waals surface area contributed by atoms with Gasteiger partial charge in [-0.3, -0.25) is 4.79 Å². The molecule has 0 saturated heterocycles. The molecule has 0 spiro atoms. The Morgan fingerprint density at radius 1 is 1.32 bits per heavy atom. The standard InChI is InChI=1S/C21H21ClN4OS/c1-14-17(20(22)26(25-14)13-15-7-3-2-4-8-15)12-23-24-21(27)19-11-16-9-5-6-10-18(16)28-19/h2-4,7-8,11-12H,5-6,9-10,13H2,1H3,(H,24,27)/b23-12+. The molecule has 1 aliphatic rings. The van der Waals surface area contributed by atoms with Gasteiger partial charge >= 0.3 is 0 Å². The molecule has 0 fully saturated rings. The average molecular weight is 413 g/mol. The van der Waals surface area contributed by atoms with Crippen LogP contribution in [-0.4, -0.2) is 21.9 Å². The number of carbonyl (C=O) groups is 1. The number of hydrogen-bond donors (Lipinski definition) is 1. The zero-order valence-corrected chi connectivity index (χ0v) is 17.2. The number of thiophene rings is 1. The van der Waals surface area contributed by atoms with Crippen molar-refractivity contribution in [1.29, 1.82) is 0 Å². The lowest BCUT2D eigenvalue weighted by atomic mass is 9.99. The summed E-state index contributed by atoms with van der Waals surface area (Å²) in [5.41, 5.74) is 6.52. The topological polar surface area (TPSA) is 59.3 Å². The largest absolute Gasteiger partial charge is 0.281 e. The predicted octanol–water partition coefficient (Wildman–Crippen LogP) is 4.60. The first-order valence-electron chi connectivity index (χ1n) is 9.33. The minimum atomic E-state index is -0.180. The number of hydrazone groups is 1. The smallest absolute Gasteiger partial charge is 0.266 e. The Kier molecular flexibility index (Phi) is 5.59. The maximum Gasteiger partial charge on any atom is 0.281 e. The summed E-state index contributed by atoms with van der Waals surface area (Å²) in [6, 6.07) is 12.0. The second-order valence-electron chi connectivity index (χ2n) is 6.90. The predicted molar refractivity (Wildman–Crippen MR) is 114 cm³/mol. The van der Waals surface area contributed by atoms with Crippen molar-refractivity contribution in [3.05, 3.63) is 73.7 Å². The molecule has 7 heteroatoms. The van der Waals surface area contributed by atoms with E-state index in [-0.39, 0.29) is 5.91 Å². The van der Waals surface area contributed by atoms with E-state index in [9.17, 15) is 4.79 Å². The lowest BCUT2D eigenvalue weighted by Crippen LogP contribution is -2.16.